The summed E-state index contributed by atoms with van der Waals surface area (Å²) in [5, 5.41) is 1.49. The molecule has 0 aliphatic heterocycles. The molecule has 0 atom stereocenters. The van der Waals surface area contributed by atoms with E-state index in [-0.39, 0.29) is 12.5 Å². The molecule has 0 bridgehead atoms. The first-order valence-electron chi connectivity index (χ1n) is 10.4. The van der Waals surface area contributed by atoms with E-state index < -0.39 is 0 Å². The molecule has 3 rings (SSSR count). The monoisotopic (exact) mass is 495 g/mol. The van der Waals surface area contributed by atoms with E-state index in [2.05, 4.69) is 18.7 Å². The number of carbonyl (C=O) groups is 1. The Morgan fingerprint density at radius 3 is 2.47 bits per heavy atom. The van der Waals surface area contributed by atoms with E-state index >= 15 is 0 Å². The molecular formula is C23H27Cl2N3O3S. The predicted molar refractivity (Wildman–Crippen MR) is 133 cm³/mol. The number of likely N-dealkylation sites (N-methyl/N-ethyl adjacent to an activating group) is 1. The average Bonchev–Trinajstić information content (AvgIpc) is 3.22. The van der Waals surface area contributed by atoms with Crippen LogP contribution >= 0.6 is 34.5 Å². The summed E-state index contributed by atoms with van der Waals surface area (Å²) in [6.45, 7) is 9.11. The third-order valence-electron chi connectivity index (χ3n) is 5.22. The van der Waals surface area contributed by atoms with E-state index in [1.54, 1.807) is 30.2 Å². The Morgan fingerprint density at radius 1 is 1.09 bits per heavy atom. The van der Waals surface area contributed by atoms with E-state index in [4.69, 9.17) is 37.7 Å². The number of hydrogen-bond acceptors (Lipinski definition) is 6. The van der Waals surface area contributed by atoms with E-state index in [0.717, 1.165) is 35.4 Å². The Morgan fingerprint density at radius 2 is 1.81 bits per heavy atom. The molecule has 1 aromatic heterocycles. The standard InChI is InChI=1S/C23H27Cl2N3O3S/c1-5-27(6-2)11-12-28(20(29)14-31-18-10-8-16(24)13-17(18)25)23-26-21-19(30-4)9-7-15(3)22(21)32-23/h7-10,13H,5-6,11-12,14H2,1-4H3. The number of benzene rings is 2. The number of aromatic nitrogens is 1. The van der Waals surface area contributed by atoms with Crippen LogP contribution in [0, 0.1) is 6.92 Å². The molecule has 0 N–H and O–H groups in total. The number of methoxy groups -OCH3 is 1. The van der Waals surface area contributed by atoms with Crippen LogP contribution in [-0.4, -0.2) is 55.7 Å². The minimum atomic E-state index is -0.196. The van der Waals surface area contributed by atoms with Crippen LogP contribution in [0.3, 0.4) is 0 Å². The van der Waals surface area contributed by atoms with Gasteiger partial charge in [0.1, 0.15) is 17.0 Å². The molecule has 6 nitrogen and oxygen atoms in total. The lowest BCUT2D eigenvalue weighted by molar-refractivity contribution is -0.120. The van der Waals surface area contributed by atoms with Crippen molar-refractivity contribution in [2.45, 2.75) is 20.8 Å². The van der Waals surface area contributed by atoms with Crippen LogP contribution in [-0.2, 0) is 4.79 Å². The van der Waals surface area contributed by atoms with Gasteiger partial charge in [-0.25, -0.2) is 4.98 Å². The number of nitrogens with zero attached hydrogens (tertiary/aromatic N) is 3. The largest absolute Gasteiger partial charge is 0.494 e. The first-order valence-corrected chi connectivity index (χ1v) is 12.0. The number of hydrogen-bond donors (Lipinski definition) is 0. The number of anilines is 1. The van der Waals surface area contributed by atoms with Gasteiger partial charge >= 0.3 is 0 Å². The highest BCUT2D eigenvalue weighted by atomic mass is 35.5. The summed E-state index contributed by atoms with van der Waals surface area (Å²) in [6.07, 6.45) is 0. The van der Waals surface area contributed by atoms with Gasteiger partial charge in [-0.15, -0.1) is 0 Å². The van der Waals surface area contributed by atoms with Crippen molar-refractivity contribution in [3.05, 3.63) is 45.9 Å². The fourth-order valence-electron chi connectivity index (χ4n) is 3.30. The quantitative estimate of drug-likeness (QED) is 0.362. The summed E-state index contributed by atoms with van der Waals surface area (Å²) in [6, 6.07) is 8.81. The third-order valence-corrected chi connectivity index (χ3v) is 6.97. The molecule has 0 aliphatic rings. The first kappa shape index (κ1) is 24.6. The fourth-order valence-corrected chi connectivity index (χ4v) is 4.85. The number of halogens is 2. The average molecular weight is 496 g/mol. The van der Waals surface area contributed by atoms with Gasteiger partial charge in [-0.1, -0.05) is 54.5 Å². The third kappa shape index (κ3) is 5.64. The van der Waals surface area contributed by atoms with Gasteiger partial charge in [-0.05, 0) is 49.8 Å². The van der Waals surface area contributed by atoms with Crippen molar-refractivity contribution in [3.63, 3.8) is 0 Å². The normalized spacial score (nSPS) is 11.2. The number of aryl methyl sites for hydroxylation is 1. The summed E-state index contributed by atoms with van der Waals surface area (Å²) in [4.78, 5) is 22.0. The van der Waals surface area contributed by atoms with E-state index in [1.165, 1.54) is 11.3 Å². The Labute approximate surface area is 202 Å². The molecule has 3 aromatic rings. The lowest BCUT2D eigenvalue weighted by atomic mass is 10.2. The highest BCUT2D eigenvalue weighted by Crippen LogP contribution is 2.36. The maximum Gasteiger partial charge on any atom is 0.266 e. The molecule has 1 amide bonds. The number of thiazole rings is 1. The molecule has 0 spiro atoms. The minimum absolute atomic E-state index is 0.161. The molecule has 0 unspecified atom stereocenters. The van der Waals surface area contributed by atoms with Crippen molar-refractivity contribution in [2.75, 3.05) is 44.8 Å². The van der Waals surface area contributed by atoms with Crippen LogP contribution in [0.5, 0.6) is 11.5 Å². The van der Waals surface area contributed by atoms with Crippen LogP contribution in [0.2, 0.25) is 10.0 Å². The Bertz CT molecular complexity index is 1090. The van der Waals surface area contributed by atoms with Gasteiger partial charge in [-0.3, -0.25) is 9.69 Å². The van der Waals surface area contributed by atoms with E-state index in [1.807, 2.05) is 19.1 Å². The molecule has 9 heteroatoms. The van der Waals surface area contributed by atoms with Crippen molar-refractivity contribution < 1.29 is 14.3 Å². The van der Waals surface area contributed by atoms with Gasteiger partial charge in [0.15, 0.2) is 11.7 Å². The highest BCUT2D eigenvalue weighted by Gasteiger charge is 2.23. The number of amides is 1. The molecular weight excluding hydrogens is 469 g/mol. The van der Waals surface area contributed by atoms with Gasteiger partial charge in [0, 0.05) is 18.1 Å². The zero-order valence-corrected chi connectivity index (χ0v) is 21.0. The van der Waals surface area contributed by atoms with Crippen molar-refractivity contribution >= 4 is 55.8 Å². The SMILES string of the molecule is CCN(CC)CCN(C(=O)COc1ccc(Cl)cc1Cl)c1nc2c(OC)ccc(C)c2s1. The van der Waals surface area contributed by atoms with Crippen LogP contribution in [0.25, 0.3) is 10.2 Å². The number of rotatable bonds is 10. The second-order valence-electron chi connectivity index (χ2n) is 7.19. The van der Waals surface area contributed by atoms with Gasteiger partial charge in [0.25, 0.3) is 5.91 Å². The number of ether oxygens (including phenoxy) is 2. The van der Waals surface area contributed by atoms with Crippen molar-refractivity contribution in [2.24, 2.45) is 0 Å². The van der Waals surface area contributed by atoms with Crippen LogP contribution in [0.1, 0.15) is 19.4 Å². The molecule has 172 valence electrons. The zero-order valence-electron chi connectivity index (χ0n) is 18.7. The highest BCUT2D eigenvalue weighted by molar-refractivity contribution is 7.22. The minimum Gasteiger partial charge on any atom is -0.494 e. The van der Waals surface area contributed by atoms with Crippen LogP contribution in [0.4, 0.5) is 5.13 Å². The second kappa shape index (κ2) is 11.2. The smallest absolute Gasteiger partial charge is 0.266 e. The van der Waals surface area contributed by atoms with E-state index in [9.17, 15) is 4.79 Å². The first-order chi connectivity index (χ1) is 15.4. The van der Waals surface area contributed by atoms with Crippen molar-refractivity contribution in [1.82, 2.24) is 9.88 Å². The van der Waals surface area contributed by atoms with Gasteiger partial charge in [-0.2, -0.15) is 0 Å². The molecule has 0 saturated carbocycles. The Balaban J connectivity index is 1.88. The van der Waals surface area contributed by atoms with Gasteiger partial charge in [0.2, 0.25) is 0 Å². The van der Waals surface area contributed by atoms with Crippen LogP contribution in [0.15, 0.2) is 30.3 Å². The summed E-state index contributed by atoms with van der Waals surface area (Å²) in [5.41, 5.74) is 1.85. The van der Waals surface area contributed by atoms with Crippen molar-refractivity contribution in [1.29, 1.82) is 0 Å². The molecule has 0 aliphatic carbocycles. The predicted octanol–water partition coefficient (Wildman–Crippen LogP) is 5.67. The summed E-state index contributed by atoms with van der Waals surface area (Å²) in [7, 11) is 1.62. The summed E-state index contributed by atoms with van der Waals surface area (Å²) < 4.78 is 12.2. The summed E-state index contributed by atoms with van der Waals surface area (Å²) >= 11 is 13.6. The zero-order chi connectivity index (χ0) is 23.3. The maximum atomic E-state index is 13.2. The molecule has 0 fully saturated rings. The summed E-state index contributed by atoms with van der Waals surface area (Å²) in [5.74, 6) is 0.905. The lowest BCUT2D eigenvalue weighted by Crippen LogP contribution is -2.41. The molecule has 2 aromatic carbocycles. The topological polar surface area (TPSA) is 54.9 Å². The van der Waals surface area contributed by atoms with Crippen LogP contribution < -0.4 is 14.4 Å². The Hall–Kier alpha value is -2.06. The second-order valence-corrected chi connectivity index (χ2v) is 9.02. The van der Waals surface area contributed by atoms with Gasteiger partial charge < -0.3 is 14.4 Å². The fraction of sp³-hybridized carbons (Fsp3) is 0.391. The maximum absolute atomic E-state index is 13.2. The molecule has 32 heavy (non-hydrogen) atoms. The molecule has 0 radical (unpaired) electrons. The Kier molecular flexibility index (Phi) is 8.59. The number of carbonyl (C=O) groups excluding carboxylic acids is 1. The lowest BCUT2D eigenvalue weighted by Gasteiger charge is -2.24. The van der Waals surface area contributed by atoms with Crippen molar-refractivity contribution in [3.8, 4) is 11.5 Å². The van der Waals surface area contributed by atoms with E-state index in [0.29, 0.717) is 33.2 Å². The molecule has 1 heterocycles. The van der Waals surface area contributed by atoms with Gasteiger partial charge in [0.05, 0.1) is 16.8 Å². The molecule has 0 saturated heterocycles. The number of fused-ring (bicyclic) bond motifs is 1.